The lowest BCUT2D eigenvalue weighted by atomic mass is 9.95. The number of methoxy groups -OCH3 is 1. The molecule has 0 amide bonds. The van der Waals surface area contributed by atoms with E-state index in [4.69, 9.17) is 14.6 Å². The summed E-state index contributed by atoms with van der Waals surface area (Å²) in [4.78, 5) is 30.9. The number of aliphatic hydroxyl groups is 2. The lowest BCUT2D eigenvalue weighted by Gasteiger charge is -2.17. The fraction of sp³-hybridized carbons (Fsp3) is 0.429. The summed E-state index contributed by atoms with van der Waals surface area (Å²) < 4.78 is 4.76. The van der Waals surface area contributed by atoms with Crippen LogP contribution in [-0.2, 0) is 9.53 Å². The first-order valence-corrected chi connectivity index (χ1v) is 9.53. The minimum atomic E-state index is -0.606. The summed E-state index contributed by atoms with van der Waals surface area (Å²) in [7, 11) is 1.31. The van der Waals surface area contributed by atoms with E-state index in [0.717, 1.165) is 5.56 Å². The molecule has 1 aromatic carbocycles. The Hall–Kier alpha value is -3.04. The molecule has 2 heterocycles. The third-order valence-corrected chi connectivity index (χ3v) is 5.92. The van der Waals surface area contributed by atoms with Crippen molar-refractivity contribution in [3.05, 3.63) is 53.3 Å². The quantitative estimate of drug-likeness (QED) is 0.491. The van der Waals surface area contributed by atoms with Crippen molar-refractivity contribution in [3.63, 3.8) is 0 Å². The molecular formula is C21H25N3O6. The van der Waals surface area contributed by atoms with Gasteiger partial charge in [-0.2, -0.15) is 0 Å². The second-order valence-corrected chi connectivity index (χ2v) is 7.48. The summed E-state index contributed by atoms with van der Waals surface area (Å²) in [6.45, 7) is 2.46. The SMILES string of the molecule is COC(=O)c1cc(C)nc(N2C[C@H](O)[C@@]3(C2)[C@H](CO)[C@H]3c2ccccc2)n1.O=CO. The molecule has 1 saturated carbocycles. The van der Waals surface area contributed by atoms with Gasteiger partial charge in [-0.25, -0.2) is 14.8 Å². The van der Waals surface area contributed by atoms with E-state index in [1.165, 1.54) is 7.11 Å². The van der Waals surface area contributed by atoms with Crippen LogP contribution in [0.1, 0.15) is 27.7 Å². The molecule has 2 aliphatic rings. The predicted octanol–water partition coefficient (Wildman–Crippen LogP) is 0.846. The summed E-state index contributed by atoms with van der Waals surface area (Å²) in [5, 5.41) is 27.7. The van der Waals surface area contributed by atoms with Gasteiger partial charge in [0.2, 0.25) is 5.95 Å². The molecule has 0 radical (unpaired) electrons. The number of aliphatic hydroxyl groups excluding tert-OH is 2. The van der Waals surface area contributed by atoms with Crippen LogP contribution >= 0.6 is 0 Å². The zero-order valence-corrected chi connectivity index (χ0v) is 16.8. The van der Waals surface area contributed by atoms with E-state index in [2.05, 4.69) is 9.97 Å². The average molecular weight is 415 g/mol. The van der Waals surface area contributed by atoms with Crippen molar-refractivity contribution in [1.82, 2.24) is 9.97 Å². The molecule has 1 aromatic heterocycles. The van der Waals surface area contributed by atoms with Gasteiger partial charge in [0.15, 0.2) is 5.69 Å². The highest BCUT2D eigenvalue weighted by molar-refractivity contribution is 5.87. The van der Waals surface area contributed by atoms with Crippen LogP contribution in [0.2, 0.25) is 0 Å². The smallest absolute Gasteiger partial charge is 0.356 e. The number of β-amino-alcohol motifs (C(OH)–C–C–N with tert-alkyl or cyclic N) is 1. The van der Waals surface area contributed by atoms with Gasteiger partial charge in [-0.05, 0) is 30.4 Å². The predicted molar refractivity (Wildman–Crippen MR) is 107 cm³/mol. The van der Waals surface area contributed by atoms with Gasteiger partial charge in [0.05, 0.1) is 13.2 Å². The number of aryl methyl sites for hydroxylation is 1. The summed E-state index contributed by atoms with van der Waals surface area (Å²) in [6, 6.07) is 11.6. The average Bonchev–Trinajstić information content (AvgIpc) is 3.28. The lowest BCUT2D eigenvalue weighted by Crippen LogP contribution is -2.24. The number of carbonyl (C=O) groups is 2. The Morgan fingerprint density at radius 1 is 1.33 bits per heavy atom. The van der Waals surface area contributed by atoms with Crippen molar-refractivity contribution in [1.29, 1.82) is 0 Å². The molecule has 2 aromatic rings. The number of nitrogens with zero attached hydrogens (tertiary/aromatic N) is 3. The molecule has 1 aliphatic carbocycles. The molecule has 4 rings (SSSR count). The number of benzene rings is 1. The zero-order chi connectivity index (χ0) is 21.9. The fourth-order valence-corrected chi connectivity index (χ4v) is 4.62. The van der Waals surface area contributed by atoms with Crippen molar-refractivity contribution in [2.45, 2.75) is 18.9 Å². The highest BCUT2D eigenvalue weighted by Crippen LogP contribution is 2.68. The van der Waals surface area contributed by atoms with Crippen LogP contribution in [-0.4, -0.2) is 70.6 Å². The van der Waals surface area contributed by atoms with E-state index in [9.17, 15) is 15.0 Å². The highest BCUT2D eigenvalue weighted by atomic mass is 16.5. The maximum atomic E-state index is 11.9. The molecule has 1 aliphatic heterocycles. The Labute approximate surface area is 174 Å². The molecule has 160 valence electrons. The number of hydrogen-bond donors (Lipinski definition) is 3. The van der Waals surface area contributed by atoms with Gasteiger partial charge in [-0.3, -0.25) is 4.79 Å². The third-order valence-electron chi connectivity index (χ3n) is 5.92. The van der Waals surface area contributed by atoms with Crippen molar-refractivity contribution < 1.29 is 29.6 Å². The second kappa shape index (κ2) is 8.76. The van der Waals surface area contributed by atoms with Crippen molar-refractivity contribution >= 4 is 18.4 Å². The first-order chi connectivity index (χ1) is 14.4. The molecule has 0 bridgehead atoms. The molecule has 2 fully saturated rings. The number of ether oxygens (including phenoxy) is 1. The third kappa shape index (κ3) is 3.73. The molecule has 3 N–H and O–H groups in total. The Morgan fingerprint density at radius 2 is 2.00 bits per heavy atom. The van der Waals surface area contributed by atoms with Gasteiger partial charge in [-0.1, -0.05) is 30.3 Å². The second-order valence-electron chi connectivity index (χ2n) is 7.48. The standard InChI is InChI=1S/C20H23N3O4.CH2O2/c1-12-8-15(18(26)27-2)22-19(21-12)23-9-16(25)20(11-23)14(10-24)17(20)13-6-4-3-5-7-13;2-1-3/h3-8,14,16-17,24-25H,9-11H2,1-2H3;1H,(H,2,3)/t14-,16+,17-,20-;/m1./s1. The van der Waals surface area contributed by atoms with Crippen LogP contribution in [0.4, 0.5) is 5.95 Å². The van der Waals surface area contributed by atoms with E-state index >= 15 is 0 Å². The Kier molecular flexibility index (Phi) is 6.33. The van der Waals surface area contributed by atoms with E-state index < -0.39 is 17.5 Å². The van der Waals surface area contributed by atoms with Gasteiger partial charge in [0, 0.05) is 30.8 Å². The molecule has 0 unspecified atom stereocenters. The van der Waals surface area contributed by atoms with E-state index in [1.807, 2.05) is 35.2 Å². The van der Waals surface area contributed by atoms with Gasteiger partial charge in [0.25, 0.3) is 6.47 Å². The molecular weight excluding hydrogens is 390 g/mol. The van der Waals surface area contributed by atoms with Crippen LogP contribution < -0.4 is 4.90 Å². The highest BCUT2D eigenvalue weighted by Gasteiger charge is 2.71. The topological polar surface area (TPSA) is 133 Å². The zero-order valence-electron chi connectivity index (χ0n) is 16.8. The van der Waals surface area contributed by atoms with Crippen LogP contribution in [0.15, 0.2) is 36.4 Å². The van der Waals surface area contributed by atoms with E-state index in [-0.39, 0.29) is 30.6 Å². The Morgan fingerprint density at radius 3 is 2.60 bits per heavy atom. The van der Waals surface area contributed by atoms with Crippen molar-refractivity contribution in [2.75, 3.05) is 31.7 Å². The minimum absolute atomic E-state index is 0.00946. The first-order valence-electron chi connectivity index (χ1n) is 9.53. The number of carbonyl (C=O) groups excluding carboxylic acids is 1. The monoisotopic (exact) mass is 415 g/mol. The number of aromatic nitrogens is 2. The summed E-state index contributed by atoms with van der Waals surface area (Å²) >= 11 is 0. The molecule has 9 heteroatoms. The molecule has 9 nitrogen and oxygen atoms in total. The Balaban J connectivity index is 0.000000806. The summed E-state index contributed by atoms with van der Waals surface area (Å²) in [5.74, 6) is -0.0295. The normalized spacial score (nSPS) is 26.7. The molecule has 1 saturated heterocycles. The summed E-state index contributed by atoms with van der Waals surface area (Å²) in [6.07, 6.45) is -0.606. The van der Waals surface area contributed by atoms with Crippen LogP contribution in [0.25, 0.3) is 0 Å². The lowest BCUT2D eigenvalue weighted by molar-refractivity contribution is -0.122. The number of hydrogen-bond acceptors (Lipinski definition) is 8. The van der Waals surface area contributed by atoms with Crippen molar-refractivity contribution in [2.24, 2.45) is 11.3 Å². The maximum Gasteiger partial charge on any atom is 0.356 e. The number of rotatable bonds is 4. The van der Waals surface area contributed by atoms with Crippen LogP contribution in [0, 0.1) is 18.3 Å². The van der Waals surface area contributed by atoms with Crippen LogP contribution in [0.3, 0.4) is 0 Å². The van der Waals surface area contributed by atoms with Gasteiger partial charge in [-0.15, -0.1) is 0 Å². The molecule has 30 heavy (non-hydrogen) atoms. The van der Waals surface area contributed by atoms with Gasteiger partial charge >= 0.3 is 5.97 Å². The maximum absolute atomic E-state index is 11.9. The van der Waals surface area contributed by atoms with E-state index in [0.29, 0.717) is 24.7 Å². The summed E-state index contributed by atoms with van der Waals surface area (Å²) in [5.41, 5.74) is 1.56. The fourth-order valence-electron chi connectivity index (χ4n) is 4.62. The number of anilines is 1. The molecule has 1 spiro atoms. The van der Waals surface area contributed by atoms with Gasteiger partial charge in [0.1, 0.15) is 0 Å². The number of esters is 1. The van der Waals surface area contributed by atoms with Gasteiger partial charge < -0.3 is 25.0 Å². The first kappa shape index (κ1) is 21.7. The minimum Gasteiger partial charge on any atom is -0.483 e. The van der Waals surface area contributed by atoms with Crippen LogP contribution in [0.5, 0.6) is 0 Å². The largest absolute Gasteiger partial charge is 0.483 e. The number of carboxylic acid groups (broad SMARTS) is 1. The van der Waals surface area contributed by atoms with E-state index in [1.54, 1.807) is 13.0 Å². The Bertz CT molecular complexity index is 909. The van der Waals surface area contributed by atoms with Crippen molar-refractivity contribution in [3.8, 4) is 0 Å². The molecule has 4 atom stereocenters.